The van der Waals surface area contributed by atoms with Crippen molar-refractivity contribution in [1.29, 1.82) is 0 Å². The molecule has 0 rings (SSSR count). The molecule has 11 heavy (non-hydrogen) atoms. The first-order chi connectivity index (χ1) is 4.56. The standard InChI is InChI=1S/CH5AsO4.CH5AsO3/c1-6-2(3,4)5;1-2(3,4)5/h1H3,(H2,3,4,5);1H3,(H2,3,4,5). The zero-order valence-electron chi connectivity index (χ0n) is 5.91. The molecule has 0 aliphatic heterocycles. The predicted molar refractivity (Wildman–Crippen MR) is 34.6 cm³/mol. The van der Waals surface area contributed by atoms with Crippen molar-refractivity contribution in [2.75, 3.05) is 7.11 Å². The first kappa shape index (κ1) is 14.1. The molecule has 0 aliphatic carbocycles. The molecule has 0 aliphatic rings. The van der Waals surface area contributed by atoms with Gasteiger partial charge in [0, 0.05) is 0 Å². The average Bonchev–Trinajstić information content (AvgIpc) is 1.59. The molecule has 7 nitrogen and oxygen atoms in total. The Morgan fingerprint density at radius 2 is 1.18 bits per heavy atom. The molecule has 0 bridgehead atoms. The maximum atomic E-state index is 9.53. The summed E-state index contributed by atoms with van der Waals surface area (Å²) in [5.41, 5.74) is 0.915. The summed E-state index contributed by atoms with van der Waals surface area (Å²) in [6, 6.07) is 0. The first-order valence-corrected chi connectivity index (χ1v) is 9.74. The van der Waals surface area contributed by atoms with Crippen molar-refractivity contribution in [1.82, 2.24) is 0 Å². The monoisotopic (exact) mass is 296 g/mol. The molecule has 0 radical (unpaired) electrons. The topological polar surface area (TPSA) is 124 Å². The zero-order valence-corrected chi connectivity index (χ0v) is 9.66. The summed E-state index contributed by atoms with van der Waals surface area (Å²) in [5.74, 6) is 0. The zero-order chi connectivity index (χ0) is 9.71. The quantitative estimate of drug-likeness (QED) is 0.393. The molecule has 0 fully saturated rings. The van der Waals surface area contributed by atoms with E-state index >= 15 is 0 Å². The van der Waals surface area contributed by atoms with Crippen molar-refractivity contribution in [2.24, 2.45) is 0 Å². The van der Waals surface area contributed by atoms with Crippen LogP contribution in [0.25, 0.3) is 0 Å². The Balaban J connectivity index is 0. The van der Waals surface area contributed by atoms with Crippen LogP contribution in [-0.2, 0) is 11.2 Å². The third kappa shape index (κ3) is 61.7. The predicted octanol–water partition coefficient (Wildman–Crippen LogP) is -2.55. The van der Waals surface area contributed by atoms with E-state index in [1.54, 1.807) is 0 Å². The summed E-state index contributed by atoms with van der Waals surface area (Å²) in [5, 5.41) is 0. The van der Waals surface area contributed by atoms with Crippen LogP contribution < -0.4 is 0 Å². The summed E-state index contributed by atoms with van der Waals surface area (Å²) in [6.45, 7) is 0. The molecule has 0 amide bonds. The molecule has 0 aromatic heterocycles. The van der Waals surface area contributed by atoms with Crippen LogP contribution >= 0.6 is 0 Å². The van der Waals surface area contributed by atoms with E-state index in [1.807, 2.05) is 0 Å². The molecule has 0 unspecified atom stereocenters. The minimum atomic E-state index is -4.66. The van der Waals surface area contributed by atoms with Crippen LogP contribution in [0.4, 0.5) is 0 Å². The van der Waals surface area contributed by atoms with Gasteiger partial charge in [-0.05, 0) is 0 Å². The molecule has 70 valence electrons. The molecule has 0 heterocycles. The number of rotatable bonds is 1. The van der Waals surface area contributed by atoms with Gasteiger partial charge in [0.1, 0.15) is 0 Å². The molecule has 0 spiro atoms. The molecule has 0 aromatic carbocycles. The summed E-state index contributed by atoms with van der Waals surface area (Å²) in [7, 11) is 0.972. The van der Waals surface area contributed by atoms with Crippen LogP contribution in [0.1, 0.15) is 0 Å². The number of hydrogen-bond donors (Lipinski definition) is 4. The van der Waals surface area contributed by atoms with Gasteiger partial charge in [0.2, 0.25) is 0 Å². The normalized spacial score (nSPS) is 11.8. The molecule has 4 N–H and O–H groups in total. The SMILES string of the molecule is CO[As](=O)(O)O.C[As](=O)(O)O. The van der Waals surface area contributed by atoms with Gasteiger partial charge in [-0.2, -0.15) is 0 Å². The van der Waals surface area contributed by atoms with Gasteiger partial charge in [0.15, 0.2) is 0 Å². The second-order valence-corrected chi connectivity index (χ2v) is 7.84. The van der Waals surface area contributed by atoms with E-state index in [4.69, 9.17) is 16.4 Å². The van der Waals surface area contributed by atoms with Crippen molar-refractivity contribution in [3.63, 3.8) is 0 Å². The van der Waals surface area contributed by atoms with E-state index in [1.165, 1.54) is 0 Å². The molecule has 0 saturated heterocycles. The molecular formula is C2H10As2O7. The van der Waals surface area contributed by atoms with Gasteiger partial charge < -0.3 is 0 Å². The van der Waals surface area contributed by atoms with Crippen LogP contribution in [0.3, 0.4) is 0 Å². The second-order valence-electron chi connectivity index (χ2n) is 1.51. The van der Waals surface area contributed by atoms with Crippen LogP contribution in [0.2, 0.25) is 5.71 Å². The van der Waals surface area contributed by atoms with Crippen molar-refractivity contribution in [3.05, 3.63) is 0 Å². The third-order valence-corrected chi connectivity index (χ3v) is 1.24. The van der Waals surface area contributed by atoms with E-state index in [-0.39, 0.29) is 0 Å². The van der Waals surface area contributed by atoms with Gasteiger partial charge in [-0.3, -0.25) is 0 Å². The minimum absolute atomic E-state index is 0.915. The van der Waals surface area contributed by atoms with Gasteiger partial charge in [-0.25, -0.2) is 0 Å². The van der Waals surface area contributed by atoms with Crippen LogP contribution in [0, 0.1) is 0 Å². The van der Waals surface area contributed by atoms with Crippen LogP contribution in [0.5, 0.6) is 0 Å². The van der Waals surface area contributed by atoms with Gasteiger partial charge >= 0.3 is 69.1 Å². The Kier molecular flexibility index (Phi) is 6.67. The Labute approximate surface area is 69.3 Å². The maximum absolute atomic E-state index is 9.53. The molecular weight excluding hydrogens is 286 g/mol. The molecule has 0 aromatic rings. The fourth-order valence-electron chi connectivity index (χ4n) is 0. The fraction of sp³-hybridized carbons (Fsp3) is 1.00. The molecule has 0 atom stereocenters. The second kappa shape index (κ2) is 5.21. The van der Waals surface area contributed by atoms with Crippen LogP contribution in [-0.4, -0.2) is 52.2 Å². The Hall–Kier alpha value is 0.517. The first-order valence-electron chi connectivity index (χ1n) is 2.20. The van der Waals surface area contributed by atoms with Crippen LogP contribution in [0.15, 0.2) is 0 Å². The Morgan fingerprint density at radius 3 is 1.18 bits per heavy atom. The van der Waals surface area contributed by atoms with Crippen molar-refractivity contribution < 1.29 is 27.6 Å². The van der Waals surface area contributed by atoms with E-state index in [0.29, 0.717) is 0 Å². The van der Waals surface area contributed by atoms with Crippen molar-refractivity contribution >= 4 is 28.7 Å². The fourth-order valence-corrected chi connectivity index (χ4v) is 0. The average molecular weight is 296 g/mol. The van der Waals surface area contributed by atoms with Gasteiger partial charge in [0.25, 0.3) is 0 Å². The van der Waals surface area contributed by atoms with E-state index < -0.39 is 28.7 Å². The van der Waals surface area contributed by atoms with E-state index in [2.05, 4.69) is 3.73 Å². The summed E-state index contributed by atoms with van der Waals surface area (Å²) in [4.78, 5) is 0. The Morgan fingerprint density at radius 1 is 1.09 bits per heavy atom. The molecule has 9 heteroatoms. The van der Waals surface area contributed by atoms with E-state index in [9.17, 15) is 7.48 Å². The summed E-state index contributed by atoms with van der Waals surface area (Å²) >= 11 is -8.78. The van der Waals surface area contributed by atoms with Gasteiger partial charge in [-0.1, -0.05) is 0 Å². The van der Waals surface area contributed by atoms with Crippen molar-refractivity contribution in [3.8, 4) is 0 Å². The van der Waals surface area contributed by atoms with Gasteiger partial charge in [0.05, 0.1) is 0 Å². The molecule has 0 saturated carbocycles. The van der Waals surface area contributed by atoms with Crippen molar-refractivity contribution in [2.45, 2.75) is 5.71 Å². The van der Waals surface area contributed by atoms with E-state index in [0.717, 1.165) is 12.8 Å². The number of hydrogen-bond acceptors (Lipinski definition) is 3. The Bertz CT molecular complexity index is 167. The summed E-state index contributed by atoms with van der Waals surface area (Å²) < 4.78 is 53.5. The third-order valence-electron chi connectivity index (χ3n) is 0.238. The van der Waals surface area contributed by atoms with Gasteiger partial charge in [-0.15, -0.1) is 0 Å². The summed E-state index contributed by atoms with van der Waals surface area (Å²) in [6.07, 6.45) is 0.